The predicted molar refractivity (Wildman–Crippen MR) is 103 cm³/mol. The Labute approximate surface area is 150 Å². The van der Waals surface area contributed by atoms with Crippen molar-refractivity contribution < 1.29 is 9.15 Å². The van der Waals surface area contributed by atoms with E-state index in [4.69, 9.17) is 9.15 Å². The van der Waals surface area contributed by atoms with Crippen LogP contribution in [0.5, 0.6) is 5.75 Å². The lowest BCUT2D eigenvalue weighted by Gasteiger charge is -2.14. The van der Waals surface area contributed by atoms with Crippen molar-refractivity contribution in [1.29, 1.82) is 0 Å². The lowest BCUT2D eigenvalue weighted by molar-refractivity contribution is 0.306. The van der Waals surface area contributed by atoms with E-state index in [2.05, 4.69) is 43.4 Å². The second kappa shape index (κ2) is 8.72. The summed E-state index contributed by atoms with van der Waals surface area (Å²) in [5, 5.41) is 4.68. The molecule has 25 heavy (non-hydrogen) atoms. The summed E-state index contributed by atoms with van der Waals surface area (Å²) in [5.74, 6) is 1.89. The smallest absolute Gasteiger partial charge is 0.134 e. The normalized spacial score (nSPS) is 12.4. The molecule has 1 unspecified atom stereocenters. The summed E-state index contributed by atoms with van der Waals surface area (Å²) in [7, 11) is 0. The van der Waals surface area contributed by atoms with E-state index in [1.54, 1.807) is 0 Å². The molecular formula is C22H27NO2. The largest absolute Gasteiger partial charge is 0.489 e. The lowest BCUT2D eigenvalue weighted by Crippen LogP contribution is -2.21. The second-order valence-corrected chi connectivity index (χ2v) is 6.42. The summed E-state index contributed by atoms with van der Waals surface area (Å²) in [4.78, 5) is 0. The first kappa shape index (κ1) is 17.6. The number of nitrogens with one attached hydrogen (secondary N) is 1. The molecule has 1 heterocycles. The van der Waals surface area contributed by atoms with Gasteiger partial charge < -0.3 is 14.5 Å². The van der Waals surface area contributed by atoms with Crippen LogP contribution in [0, 0.1) is 0 Å². The Balaban J connectivity index is 1.73. The molecule has 0 amide bonds. The van der Waals surface area contributed by atoms with Crippen molar-refractivity contribution >= 4 is 11.0 Å². The number of rotatable bonds is 9. The molecule has 3 aromatic rings. The fraction of sp³-hybridized carbons (Fsp3) is 0.364. The van der Waals surface area contributed by atoms with Gasteiger partial charge in [0, 0.05) is 5.39 Å². The maximum Gasteiger partial charge on any atom is 0.134 e. The van der Waals surface area contributed by atoms with Crippen molar-refractivity contribution in [2.24, 2.45) is 0 Å². The van der Waals surface area contributed by atoms with Crippen LogP contribution < -0.4 is 10.1 Å². The average molecular weight is 337 g/mol. The minimum Gasteiger partial charge on any atom is -0.489 e. The summed E-state index contributed by atoms with van der Waals surface area (Å²) in [5.41, 5.74) is 2.09. The Morgan fingerprint density at radius 3 is 2.60 bits per heavy atom. The molecular weight excluding hydrogens is 310 g/mol. The molecule has 0 saturated carbocycles. The molecule has 132 valence electrons. The molecule has 0 saturated heterocycles. The highest BCUT2D eigenvalue weighted by Gasteiger charge is 2.15. The van der Waals surface area contributed by atoms with Gasteiger partial charge in [-0.25, -0.2) is 0 Å². The van der Waals surface area contributed by atoms with Crippen molar-refractivity contribution in [3.05, 3.63) is 65.9 Å². The Hall–Kier alpha value is -2.26. The molecule has 2 aromatic carbocycles. The summed E-state index contributed by atoms with van der Waals surface area (Å²) in [6.07, 6.45) is 3.33. The summed E-state index contributed by atoms with van der Waals surface area (Å²) in [6, 6.07) is 18.7. The van der Waals surface area contributed by atoms with Crippen LogP contribution >= 0.6 is 0 Å². The molecule has 3 heteroatoms. The van der Waals surface area contributed by atoms with Gasteiger partial charge in [0.1, 0.15) is 23.7 Å². The van der Waals surface area contributed by atoms with Crippen molar-refractivity contribution in [3.63, 3.8) is 0 Å². The number of hydrogen-bond donors (Lipinski definition) is 1. The maximum absolute atomic E-state index is 6.08. The third-order valence-electron chi connectivity index (χ3n) is 4.32. The zero-order chi connectivity index (χ0) is 17.5. The molecule has 0 aliphatic rings. The molecule has 3 nitrogen and oxygen atoms in total. The predicted octanol–water partition coefficient (Wildman–Crippen LogP) is 5.85. The fourth-order valence-corrected chi connectivity index (χ4v) is 3.00. The van der Waals surface area contributed by atoms with Gasteiger partial charge in [0.05, 0.1) is 6.04 Å². The third-order valence-corrected chi connectivity index (χ3v) is 4.32. The molecule has 0 fully saturated rings. The quantitative estimate of drug-likeness (QED) is 0.531. The van der Waals surface area contributed by atoms with Gasteiger partial charge in [0.15, 0.2) is 0 Å². The molecule has 0 bridgehead atoms. The summed E-state index contributed by atoms with van der Waals surface area (Å²) >= 11 is 0. The molecule has 1 atom stereocenters. The highest BCUT2D eigenvalue weighted by Crippen LogP contribution is 2.29. The van der Waals surface area contributed by atoms with Gasteiger partial charge in [0.25, 0.3) is 0 Å². The standard InChI is InChI=1S/C22H27NO2/c1-3-8-20(23-13-4-2)22-15-18-14-19(11-12-21(18)25-22)24-16-17-9-6-5-7-10-17/h5-7,9-12,14-15,20,23H,3-4,8,13,16H2,1-2H3. The molecule has 0 aliphatic carbocycles. The van der Waals surface area contributed by atoms with Gasteiger partial charge in [-0.1, -0.05) is 50.6 Å². The molecule has 0 aliphatic heterocycles. The van der Waals surface area contributed by atoms with Crippen molar-refractivity contribution in [2.75, 3.05) is 6.54 Å². The SMILES string of the molecule is CCCNC(CCC)c1cc2cc(OCc3ccccc3)ccc2o1. The Kier molecular flexibility index (Phi) is 6.13. The lowest BCUT2D eigenvalue weighted by atomic mass is 10.1. The topological polar surface area (TPSA) is 34.4 Å². The van der Waals surface area contributed by atoms with Crippen LogP contribution in [0.15, 0.2) is 59.0 Å². The maximum atomic E-state index is 6.08. The number of benzene rings is 2. The highest BCUT2D eigenvalue weighted by atomic mass is 16.5. The van der Waals surface area contributed by atoms with Gasteiger partial charge in [-0.3, -0.25) is 0 Å². The Bertz CT molecular complexity index is 779. The van der Waals surface area contributed by atoms with Gasteiger partial charge in [-0.15, -0.1) is 0 Å². The van der Waals surface area contributed by atoms with E-state index in [0.29, 0.717) is 6.61 Å². The molecule has 1 N–H and O–H groups in total. The van der Waals surface area contributed by atoms with Gasteiger partial charge in [0.2, 0.25) is 0 Å². The Morgan fingerprint density at radius 1 is 1.00 bits per heavy atom. The highest BCUT2D eigenvalue weighted by molar-refractivity contribution is 5.79. The first-order valence-corrected chi connectivity index (χ1v) is 9.23. The van der Waals surface area contributed by atoms with Crippen LogP contribution in [0.1, 0.15) is 50.5 Å². The van der Waals surface area contributed by atoms with Crippen LogP contribution in [0.3, 0.4) is 0 Å². The van der Waals surface area contributed by atoms with Crippen LogP contribution in [-0.2, 0) is 6.61 Å². The van der Waals surface area contributed by atoms with Gasteiger partial charge >= 0.3 is 0 Å². The van der Waals surface area contributed by atoms with Crippen molar-refractivity contribution in [3.8, 4) is 5.75 Å². The number of ether oxygens (including phenoxy) is 1. The first-order valence-electron chi connectivity index (χ1n) is 9.23. The van der Waals surface area contributed by atoms with E-state index in [1.807, 2.05) is 30.3 Å². The van der Waals surface area contributed by atoms with Gasteiger partial charge in [-0.05, 0) is 49.2 Å². The second-order valence-electron chi connectivity index (χ2n) is 6.42. The van der Waals surface area contributed by atoms with E-state index in [0.717, 1.165) is 48.3 Å². The van der Waals surface area contributed by atoms with Crippen LogP contribution in [-0.4, -0.2) is 6.54 Å². The minimum atomic E-state index is 0.283. The minimum absolute atomic E-state index is 0.283. The Morgan fingerprint density at radius 2 is 1.84 bits per heavy atom. The molecule has 3 rings (SSSR count). The number of hydrogen-bond acceptors (Lipinski definition) is 3. The molecule has 0 spiro atoms. The van der Waals surface area contributed by atoms with E-state index < -0.39 is 0 Å². The van der Waals surface area contributed by atoms with E-state index in [-0.39, 0.29) is 6.04 Å². The fourth-order valence-electron chi connectivity index (χ4n) is 3.00. The van der Waals surface area contributed by atoms with E-state index in [1.165, 1.54) is 5.56 Å². The first-order chi connectivity index (χ1) is 12.3. The zero-order valence-electron chi connectivity index (χ0n) is 15.1. The zero-order valence-corrected chi connectivity index (χ0v) is 15.1. The van der Waals surface area contributed by atoms with Crippen LogP contribution in [0.25, 0.3) is 11.0 Å². The van der Waals surface area contributed by atoms with Gasteiger partial charge in [-0.2, -0.15) is 0 Å². The summed E-state index contributed by atoms with van der Waals surface area (Å²) in [6.45, 7) is 5.98. The average Bonchev–Trinajstić information content (AvgIpc) is 3.07. The van der Waals surface area contributed by atoms with Crippen LogP contribution in [0.2, 0.25) is 0 Å². The molecule has 1 aromatic heterocycles. The van der Waals surface area contributed by atoms with E-state index in [9.17, 15) is 0 Å². The summed E-state index contributed by atoms with van der Waals surface area (Å²) < 4.78 is 12.0. The number of fused-ring (bicyclic) bond motifs is 1. The number of furan rings is 1. The van der Waals surface area contributed by atoms with Crippen molar-refractivity contribution in [2.45, 2.75) is 45.8 Å². The third kappa shape index (κ3) is 4.64. The van der Waals surface area contributed by atoms with Crippen LogP contribution in [0.4, 0.5) is 0 Å². The molecule has 0 radical (unpaired) electrons. The monoisotopic (exact) mass is 337 g/mol. The van der Waals surface area contributed by atoms with Crippen molar-refractivity contribution in [1.82, 2.24) is 5.32 Å². The van der Waals surface area contributed by atoms with E-state index >= 15 is 0 Å².